The van der Waals surface area contributed by atoms with Gasteiger partial charge in [0.2, 0.25) is 5.91 Å². The summed E-state index contributed by atoms with van der Waals surface area (Å²) in [6.07, 6.45) is -3.50. The van der Waals surface area contributed by atoms with E-state index in [1.165, 1.54) is 12.1 Å². The van der Waals surface area contributed by atoms with Crippen LogP contribution in [0.4, 0.5) is 13.2 Å². The lowest BCUT2D eigenvalue weighted by Gasteiger charge is -2.27. The first-order valence-electron chi connectivity index (χ1n) is 8.74. The number of hydrogen-bond acceptors (Lipinski definition) is 3. The molecule has 1 atom stereocenters. The highest BCUT2D eigenvalue weighted by atomic mass is 19.4. The molecule has 0 bridgehead atoms. The first-order valence-corrected chi connectivity index (χ1v) is 8.74. The Labute approximate surface area is 146 Å². The molecule has 1 heterocycles. The van der Waals surface area contributed by atoms with Gasteiger partial charge in [0.25, 0.3) is 0 Å². The fourth-order valence-corrected chi connectivity index (χ4v) is 3.11. The Hall–Kier alpha value is -1.60. The largest absolute Gasteiger partial charge is 0.416 e. The molecule has 25 heavy (non-hydrogen) atoms. The number of alkyl halides is 3. The van der Waals surface area contributed by atoms with Gasteiger partial charge < -0.3 is 15.5 Å². The van der Waals surface area contributed by atoms with E-state index in [1.807, 2.05) is 0 Å². The molecule has 2 rings (SSSR count). The molecule has 0 spiro atoms. The normalized spacial score (nSPS) is 17.3. The van der Waals surface area contributed by atoms with E-state index in [0.29, 0.717) is 6.54 Å². The molecule has 4 nitrogen and oxygen atoms in total. The van der Waals surface area contributed by atoms with Crippen LogP contribution in [0.25, 0.3) is 0 Å². The summed E-state index contributed by atoms with van der Waals surface area (Å²) in [5.41, 5.74) is -0.486. The summed E-state index contributed by atoms with van der Waals surface area (Å²) in [7, 11) is 0. The SMILES string of the molecule is CC(CC(=O)NCCCN1CCNCC1)c1ccccc1C(F)(F)F. The first kappa shape index (κ1) is 19.7. The van der Waals surface area contributed by atoms with Crippen LogP contribution in [0.5, 0.6) is 0 Å². The summed E-state index contributed by atoms with van der Waals surface area (Å²) < 4.78 is 39.2. The maximum Gasteiger partial charge on any atom is 0.416 e. The molecule has 1 aromatic carbocycles. The van der Waals surface area contributed by atoms with Gasteiger partial charge in [-0.3, -0.25) is 4.79 Å². The minimum Gasteiger partial charge on any atom is -0.356 e. The predicted molar refractivity (Wildman–Crippen MR) is 91.4 cm³/mol. The van der Waals surface area contributed by atoms with Gasteiger partial charge in [0.15, 0.2) is 0 Å². The van der Waals surface area contributed by atoms with Crippen LogP contribution in [0.2, 0.25) is 0 Å². The van der Waals surface area contributed by atoms with Crippen LogP contribution in [-0.4, -0.2) is 50.1 Å². The molecule has 2 N–H and O–H groups in total. The van der Waals surface area contributed by atoms with E-state index in [4.69, 9.17) is 0 Å². The highest BCUT2D eigenvalue weighted by Gasteiger charge is 2.34. The summed E-state index contributed by atoms with van der Waals surface area (Å²) in [6.45, 7) is 7.14. The molecule has 0 radical (unpaired) electrons. The molecule has 1 amide bonds. The van der Waals surface area contributed by atoms with Gasteiger partial charge in [-0.25, -0.2) is 0 Å². The van der Waals surface area contributed by atoms with Crippen LogP contribution in [0.15, 0.2) is 24.3 Å². The Balaban J connectivity index is 1.76. The van der Waals surface area contributed by atoms with Crippen LogP contribution >= 0.6 is 0 Å². The fourth-order valence-electron chi connectivity index (χ4n) is 3.11. The van der Waals surface area contributed by atoms with Crippen molar-refractivity contribution in [2.45, 2.75) is 31.9 Å². The molecule has 1 aliphatic heterocycles. The number of rotatable bonds is 7. The Kier molecular flexibility index (Phi) is 7.25. The monoisotopic (exact) mass is 357 g/mol. The van der Waals surface area contributed by atoms with Crippen LogP contribution < -0.4 is 10.6 Å². The van der Waals surface area contributed by atoms with E-state index in [2.05, 4.69) is 15.5 Å². The Morgan fingerprint density at radius 3 is 2.64 bits per heavy atom. The third kappa shape index (κ3) is 6.32. The number of nitrogens with one attached hydrogen (secondary N) is 2. The Morgan fingerprint density at radius 2 is 1.96 bits per heavy atom. The fraction of sp³-hybridized carbons (Fsp3) is 0.611. The van der Waals surface area contributed by atoms with E-state index in [0.717, 1.165) is 45.2 Å². The average molecular weight is 357 g/mol. The van der Waals surface area contributed by atoms with Gasteiger partial charge in [-0.2, -0.15) is 13.2 Å². The van der Waals surface area contributed by atoms with Crippen molar-refractivity contribution < 1.29 is 18.0 Å². The van der Waals surface area contributed by atoms with Crippen LogP contribution in [-0.2, 0) is 11.0 Å². The maximum absolute atomic E-state index is 13.1. The number of amides is 1. The Morgan fingerprint density at radius 1 is 1.28 bits per heavy atom. The van der Waals surface area contributed by atoms with Gasteiger partial charge in [-0.05, 0) is 30.5 Å². The molecule has 1 fully saturated rings. The van der Waals surface area contributed by atoms with E-state index in [-0.39, 0.29) is 17.9 Å². The van der Waals surface area contributed by atoms with Crippen molar-refractivity contribution >= 4 is 5.91 Å². The highest BCUT2D eigenvalue weighted by Crippen LogP contribution is 2.35. The first-order chi connectivity index (χ1) is 11.9. The molecule has 1 aromatic rings. The number of carbonyl (C=O) groups excluding carboxylic acids is 1. The van der Waals surface area contributed by atoms with Gasteiger partial charge in [-0.1, -0.05) is 25.1 Å². The quantitative estimate of drug-likeness (QED) is 0.738. The minimum absolute atomic E-state index is 0.0563. The van der Waals surface area contributed by atoms with Gasteiger partial charge in [0, 0.05) is 39.1 Å². The van der Waals surface area contributed by atoms with Crippen molar-refractivity contribution in [1.82, 2.24) is 15.5 Å². The highest BCUT2D eigenvalue weighted by molar-refractivity contribution is 5.76. The van der Waals surface area contributed by atoms with E-state index >= 15 is 0 Å². The second kappa shape index (κ2) is 9.20. The van der Waals surface area contributed by atoms with E-state index in [1.54, 1.807) is 13.0 Å². The molecule has 1 saturated heterocycles. The molecule has 0 saturated carbocycles. The molecule has 0 aliphatic carbocycles. The maximum atomic E-state index is 13.1. The number of benzene rings is 1. The van der Waals surface area contributed by atoms with Crippen molar-refractivity contribution in [2.24, 2.45) is 0 Å². The molecule has 1 unspecified atom stereocenters. The third-order valence-corrected chi connectivity index (χ3v) is 4.47. The molecular weight excluding hydrogens is 331 g/mol. The van der Waals surface area contributed by atoms with Crippen LogP contribution in [0.1, 0.15) is 36.8 Å². The van der Waals surface area contributed by atoms with Crippen molar-refractivity contribution in [2.75, 3.05) is 39.3 Å². The second-order valence-electron chi connectivity index (χ2n) is 6.49. The summed E-state index contributed by atoms with van der Waals surface area (Å²) in [5.74, 6) is -0.684. The minimum atomic E-state index is -4.40. The zero-order valence-corrected chi connectivity index (χ0v) is 14.5. The van der Waals surface area contributed by atoms with Gasteiger partial charge in [0.05, 0.1) is 5.56 Å². The molecule has 140 valence electrons. The van der Waals surface area contributed by atoms with Crippen LogP contribution in [0.3, 0.4) is 0 Å². The van der Waals surface area contributed by atoms with Gasteiger partial charge in [-0.15, -0.1) is 0 Å². The average Bonchev–Trinajstić information content (AvgIpc) is 2.59. The molecular formula is C18H26F3N3O. The second-order valence-corrected chi connectivity index (χ2v) is 6.49. The number of nitrogens with zero attached hydrogens (tertiary/aromatic N) is 1. The molecule has 7 heteroatoms. The van der Waals surface area contributed by atoms with E-state index < -0.39 is 17.7 Å². The zero-order valence-electron chi connectivity index (χ0n) is 14.5. The summed E-state index contributed by atoms with van der Waals surface area (Å²) in [5, 5.41) is 6.10. The van der Waals surface area contributed by atoms with Crippen molar-refractivity contribution in [3.63, 3.8) is 0 Å². The summed E-state index contributed by atoms with van der Waals surface area (Å²) >= 11 is 0. The van der Waals surface area contributed by atoms with Crippen LogP contribution in [0, 0.1) is 0 Å². The van der Waals surface area contributed by atoms with Crippen molar-refractivity contribution in [3.05, 3.63) is 35.4 Å². The smallest absolute Gasteiger partial charge is 0.356 e. The lowest BCUT2D eigenvalue weighted by molar-refractivity contribution is -0.138. The third-order valence-electron chi connectivity index (χ3n) is 4.47. The topological polar surface area (TPSA) is 44.4 Å². The predicted octanol–water partition coefficient (Wildman–Crippen LogP) is 2.61. The number of hydrogen-bond donors (Lipinski definition) is 2. The van der Waals surface area contributed by atoms with Gasteiger partial charge >= 0.3 is 6.18 Å². The zero-order chi connectivity index (χ0) is 18.3. The lowest BCUT2D eigenvalue weighted by atomic mass is 9.92. The summed E-state index contributed by atoms with van der Waals surface area (Å²) in [4.78, 5) is 14.4. The lowest BCUT2D eigenvalue weighted by Crippen LogP contribution is -2.44. The van der Waals surface area contributed by atoms with E-state index in [9.17, 15) is 18.0 Å². The Bertz CT molecular complexity index is 557. The summed E-state index contributed by atoms with van der Waals surface area (Å²) in [6, 6.07) is 5.46. The van der Waals surface area contributed by atoms with Gasteiger partial charge in [0.1, 0.15) is 0 Å². The standard InChI is InChI=1S/C18H26F3N3O/c1-14(15-5-2-3-6-16(15)18(19,20)21)13-17(25)23-7-4-10-24-11-8-22-9-12-24/h2-3,5-6,14,22H,4,7-13H2,1H3,(H,23,25). The van der Waals surface area contributed by atoms with Crippen molar-refractivity contribution in [1.29, 1.82) is 0 Å². The number of halogens is 3. The number of carbonyl (C=O) groups is 1. The molecule has 1 aliphatic rings. The molecule has 0 aromatic heterocycles. The number of piperazine rings is 1. The van der Waals surface area contributed by atoms with Crippen molar-refractivity contribution in [3.8, 4) is 0 Å².